The predicted molar refractivity (Wildman–Crippen MR) is 96.0 cm³/mol. The summed E-state index contributed by atoms with van der Waals surface area (Å²) in [6.45, 7) is 12.8. The van der Waals surface area contributed by atoms with Crippen LogP contribution in [0.4, 0.5) is 5.69 Å². The number of amides is 1. The van der Waals surface area contributed by atoms with Gasteiger partial charge in [-0.1, -0.05) is 53.7 Å². The van der Waals surface area contributed by atoms with Crippen molar-refractivity contribution in [3.8, 4) is 0 Å². The third-order valence-electron chi connectivity index (χ3n) is 3.80. The van der Waals surface area contributed by atoms with Gasteiger partial charge in [0.2, 0.25) is 0 Å². The lowest BCUT2D eigenvalue weighted by molar-refractivity contribution is 0.102. The van der Waals surface area contributed by atoms with Crippen molar-refractivity contribution in [1.29, 1.82) is 0 Å². The Kier molecular flexibility index (Phi) is 4.60. The number of benzene rings is 1. The number of nitrogens with zero attached hydrogens (tertiary/aromatic N) is 1. The van der Waals surface area contributed by atoms with Gasteiger partial charge in [-0.15, -0.1) is 0 Å². The number of hydrogen-bond donors (Lipinski definition) is 1. The number of nitrogens with one attached hydrogen (secondary N) is 1. The van der Waals surface area contributed by atoms with E-state index in [1.165, 1.54) is 5.56 Å². The highest BCUT2D eigenvalue weighted by Crippen LogP contribution is 2.24. The number of carbonyl (C=O) groups is 1. The molecule has 1 aromatic heterocycles. The molecule has 1 heterocycles. The average Bonchev–Trinajstić information content (AvgIpc) is 2.46. The molecule has 0 aliphatic heterocycles. The Hall–Kier alpha value is -2.16. The lowest BCUT2D eigenvalue weighted by Crippen LogP contribution is -2.16. The van der Waals surface area contributed by atoms with Gasteiger partial charge in [0.05, 0.1) is 0 Å². The molecule has 0 unspecified atom stereocenters. The van der Waals surface area contributed by atoms with Crippen molar-refractivity contribution in [2.75, 3.05) is 5.32 Å². The summed E-state index contributed by atoms with van der Waals surface area (Å²) < 4.78 is 0. The number of rotatable bonds is 2. The number of carbonyl (C=O) groups excluding carboxylic acids is 1. The second kappa shape index (κ2) is 6.15. The van der Waals surface area contributed by atoms with Crippen molar-refractivity contribution in [3.63, 3.8) is 0 Å². The zero-order valence-corrected chi connectivity index (χ0v) is 14.9. The number of hydrogen-bond acceptors (Lipinski definition) is 2. The Morgan fingerprint density at radius 1 is 0.913 bits per heavy atom. The standard InChI is InChI=1S/C20H26N2O/c1-19(2,3)15-9-7-14(8-10-15)18(23)22-16-11-12-21-17(13-16)20(4,5)6/h7-13H,1-6H3,(H,21,22,23). The van der Waals surface area contributed by atoms with Crippen LogP contribution in [0.15, 0.2) is 42.6 Å². The number of pyridine rings is 1. The number of aromatic nitrogens is 1. The highest BCUT2D eigenvalue weighted by molar-refractivity contribution is 6.04. The van der Waals surface area contributed by atoms with E-state index in [0.717, 1.165) is 11.4 Å². The summed E-state index contributed by atoms with van der Waals surface area (Å²) in [6.07, 6.45) is 1.74. The van der Waals surface area contributed by atoms with E-state index in [1.54, 1.807) is 6.20 Å². The number of anilines is 1. The molecule has 0 saturated heterocycles. The monoisotopic (exact) mass is 310 g/mol. The van der Waals surface area contributed by atoms with Gasteiger partial charge in [0.15, 0.2) is 0 Å². The Balaban J connectivity index is 2.16. The predicted octanol–water partition coefficient (Wildman–Crippen LogP) is 4.93. The van der Waals surface area contributed by atoms with Gasteiger partial charge in [0, 0.05) is 28.6 Å². The molecule has 0 radical (unpaired) electrons. The second-order valence-electron chi connectivity index (χ2n) is 7.96. The molecule has 0 spiro atoms. The first-order valence-corrected chi connectivity index (χ1v) is 7.96. The van der Waals surface area contributed by atoms with E-state index in [9.17, 15) is 4.79 Å². The van der Waals surface area contributed by atoms with Crippen LogP contribution in [0, 0.1) is 0 Å². The molecule has 0 saturated carbocycles. The molecule has 23 heavy (non-hydrogen) atoms. The van der Waals surface area contributed by atoms with Crippen molar-refractivity contribution >= 4 is 11.6 Å². The van der Waals surface area contributed by atoms with E-state index in [2.05, 4.69) is 51.8 Å². The summed E-state index contributed by atoms with van der Waals surface area (Å²) in [7, 11) is 0. The van der Waals surface area contributed by atoms with Crippen LogP contribution >= 0.6 is 0 Å². The summed E-state index contributed by atoms with van der Waals surface area (Å²) in [5, 5.41) is 2.95. The molecule has 0 atom stereocenters. The van der Waals surface area contributed by atoms with Gasteiger partial charge < -0.3 is 5.32 Å². The van der Waals surface area contributed by atoms with Gasteiger partial charge in [0.1, 0.15) is 0 Å². The van der Waals surface area contributed by atoms with Gasteiger partial charge in [-0.2, -0.15) is 0 Å². The Bertz CT molecular complexity index is 689. The summed E-state index contributed by atoms with van der Waals surface area (Å²) in [4.78, 5) is 16.8. The van der Waals surface area contributed by atoms with Crippen molar-refractivity contribution in [2.24, 2.45) is 0 Å². The average molecular weight is 310 g/mol. The first-order valence-electron chi connectivity index (χ1n) is 7.96. The van der Waals surface area contributed by atoms with Crippen molar-refractivity contribution in [1.82, 2.24) is 4.98 Å². The molecule has 122 valence electrons. The Labute approximate surface area is 139 Å². The van der Waals surface area contributed by atoms with E-state index in [1.807, 2.05) is 36.4 Å². The molecule has 0 aliphatic carbocycles. The van der Waals surface area contributed by atoms with Crippen LogP contribution < -0.4 is 5.32 Å². The SMILES string of the molecule is CC(C)(C)c1ccc(C(=O)Nc2ccnc(C(C)(C)C)c2)cc1. The zero-order valence-electron chi connectivity index (χ0n) is 14.9. The van der Waals surface area contributed by atoms with E-state index in [-0.39, 0.29) is 16.7 Å². The third-order valence-corrected chi connectivity index (χ3v) is 3.80. The maximum absolute atomic E-state index is 12.4. The van der Waals surface area contributed by atoms with Crippen LogP contribution in [0.25, 0.3) is 0 Å². The molecule has 0 bridgehead atoms. The highest BCUT2D eigenvalue weighted by atomic mass is 16.1. The van der Waals surface area contributed by atoms with Gasteiger partial charge in [-0.05, 0) is 35.2 Å². The summed E-state index contributed by atoms with van der Waals surface area (Å²) in [5.74, 6) is -0.100. The van der Waals surface area contributed by atoms with Gasteiger partial charge in [-0.3, -0.25) is 9.78 Å². The fourth-order valence-corrected chi connectivity index (χ4v) is 2.24. The van der Waals surface area contributed by atoms with Crippen LogP contribution in [0.3, 0.4) is 0 Å². The van der Waals surface area contributed by atoms with Crippen LogP contribution in [-0.4, -0.2) is 10.9 Å². The first kappa shape index (κ1) is 17.2. The quantitative estimate of drug-likeness (QED) is 0.854. The topological polar surface area (TPSA) is 42.0 Å². The van der Waals surface area contributed by atoms with E-state index in [0.29, 0.717) is 5.56 Å². The van der Waals surface area contributed by atoms with Gasteiger partial charge in [-0.25, -0.2) is 0 Å². The first-order chi connectivity index (χ1) is 10.6. The fraction of sp³-hybridized carbons (Fsp3) is 0.400. The molecule has 1 aromatic carbocycles. The molecule has 1 amide bonds. The Morgan fingerprint density at radius 3 is 2.04 bits per heavy atom. The molecule has 0 aliphatic rings. The summed E-state index contributed by atoms with van der Waals surface area (Å²) in [6, 6.07) is 11.5. The van der Waals surface area contributed by atoms with Gasteiger partial charge in [0.25, 0.3) is 5.91 Å². The molecular weight excluding hydrogens is 284 g/mol. The van der Waals surface area contributed by atoms with Crippen LogP contribution in [0.5, 0.6) is 0 Å². The van der Waals surface area contributed by atoms with Crippen molar-refractivity contribution in [3.05, 3.63) is 59.4 Å². The minimum Gasteiger partial charge on any atom is -0.322 e. The lowest BCUT2D eigenvalue weighted by atomic mass is 9.86. The summed E-state index contributed by atoms with van der Waals surface area (Å²) >= 11 is 0. The lowest BCUT2D eigenvalue weighted by Gasteiger charge is -2.19. The Morgan fingerprint density at radius 2 is 1.52 bits per heavy atom. The normalized spacial score (nSPS) is 12.1. The maximum atomic E-state index is 12.4. The van der Waals surface area contributed by atoms with Gasteiger partial charge >= 0.3 is 0 Å². The molecule has 2 aromatic rings. The van der Waals surface area contributed by atoms with E-state index < -0.39 is 0 Å². The maximum Gasteiger partial charge on any atom is 0.255 e. The van der Waals surface area contributed by atoms with Crippen LogP contribution in [-0.2, 0) is 10.8 Å². The van der Waals surface area contributed by atoms with Crippen LogP contribution in [0.1, 0.15) is 63.2 Å². The van der Waals surface area contributed by atoms with Crippen LogP contribution in [0.2, 0.25) is 0 Å². The zero-order chi connectivity index (χ0) is 17.3. The third kappa shape index (κ3) is 4.41. The largest absolute Gasteiger partial charge is 0.322 e. The molecular formula is C20H26N2O. The van der Waals surface area contributed by atoms with E-state index in [4.69, 9.17) is 0 Å². The van der Waals surface area contributed by atoms with Crippen molar-refractivity contribution in [2.45, 2.75) is 52.4 Å². The molecule has 3 heteroatoms. The molecule has 1 N–H and O–H groups in total. The highest BCUT2D eigenvalue weighted by Gasteiger charge is 2.17. The fourth-order valence-electron chi connectivity index (χ4n) is 2.24. The molecule has 3 nitrogen and oxygen atoms in total. The molecule has 2 rings (SSSR count). The van der Waals surface area contributed by atoms with E-state index >= 15 is 0 Å². The second-order valence-corrected chi connectivity index (χ2v) is 7.96. The summed E-state index contributed by atoms with van der Waals surface area (Å²) in [5.41, 5.74) is 3.64. The van der Waals surface area contributed by atoms with Crippen molar-refractivity contribution < 1.29 is 4.79 Å². The minimum atomic E-state index is -0.100. The smallest absolute Gasteiger partial charge is 0.255 e. The molecule has 0 fully saturated rings. The minimum absolute atomic E-state index is 0.0465.